The predicted molar refractivity (Wildman–Crippen MR) is 81.5 cm³/mol. The number of phenolic OH excluding ortho intramolecular Hbond substituents is 1. The minimum Gasteiger partial charge on any atom is -0.507 e. The van der Waals surface area contributed by atoms with Crippen molar-refractivity contribution < 1.29 is 19.4 Å². The quantitative estimate of drug-likeness (QED) is 0.857. The van der Waals surface area contributed by atoms with Crippen LogP contribution in [0.3, 0.4) is 0 Å². The van der Waals surface area contributed by atoms with Crippen molar-refractivity contribution in [3.05, 3.63) is 16.7 Å². The van der Waals surface area contributed by atoms with E-state index in [1.165, 1.54) is 0 Å². The Morgan fingerprint density at radius 1 is 1.27 bits per heavy atom. The number of phenols is 1. The van der Waals surface area contributed by atoms with Gasteiger partial charge in [0.25, 0.3) is 0 Å². The van der Waals surface area contributed by atoms with Crippen LogP contribution in [-0.2, 0) is 11.2 Å². The number of ether oxygens (including phenoxy) is 2. The number of fused-ring (bicyclic) bond motifs is 4. The van der Waals surface area contributed by atoms with E-state index in [1.807, 2.05) is 14.0 Å². The van der Waals surface area contributed by atoms with Gasteiger partial charge in [0.2, 0.25) is 5.91 Å². The van der Waals surface area contributed by atoms with Gasteiger partial charge in [-0.15, -0.1) is 0 Å². The molecule has 0 saturated carbocycles. The lowest BCUT2D eigenvalue weighted by molar-refractivity contribution is -0.139. The lowest BCUT2D eigenvalue weighted by Gasteiger charge is -2.46. The Labute approximate surface area is 130 Å². The van der Waals surface area contributed by atoms with E-state index in [1.54, 1.807) is 26.0 Å². The van der Waals surface area contributed by atoms with Crippen molar-refractivity contribution in [2.45, 2.75) is 38.4 Å². The number of piperazine rings is 1. The maximum Gasteiger partial charge on any atom is 0.240 e. The number of methoxy groups -OCH3 is 2. The van der Waals surface area contributed by atoms with Gasteiger partial charge in [-0.2, -0.15) is 0 Å². The van der Waals surface area contributed by atoms with Crippen molar-refractivity contribution in [3.63, 3.8) is 0 Å². The Morgan fingerprint density at radius 3 is 2.50 bits per heavy atom. The van der Waals surface area contributed by atoms with Crippen molar-refractivity contribution in [2.75, 3.05) is 21.3 Å². The van der Waals surface area contributed by atoms with Gasteiger partial charge in [0.05, 0.1) is 26.3 Å². The third-order valence-corrected chi connectivity index (χ3v) is 5.00. The molecular weight excluding hydrogens is 284 g/mol. The van der Waals surface area contributed by atoms with E-state index in [0.29, 0.717) is 23.5 Å². The Kier molecular flexibility index (Phi) is 3.44. The zero-order valence-corrected chi connectivity index (χ0v) is 13.6. The summed E-state index contributed by atoms with van der Waals surface area (Å²) in [4.78, 5) is 14.1. The van der Waals surface area contributed by atoms with Gasteiger partial charge >= 0.3 is 0 Å². The van der Waals surface area contributed by atoms with Crippen LogP contribution in [0.2, 0.25) is 0 Å². The van der Waals surface area contributed by atoms with Crippen LogP contribution in [0.4, 0.5) is 0 Å². The van der Waals surface area contributed by atoms with Gasteiger partial charge in [0, 0.05) is 36.2 Å². The molecule has 1 amide bonds. The zero-order chi connectivity index (χ0) is 16.2. The highest BCUT2D eigenvalue weighted by molar-refractivity contribution is 5.85. The van der Waals surface area contributed by atoms with Crippen LogP contribution in [-0.4, -0.2) is 49.3 Å². The van der Waals surface area contributed by atoms with Crippen LogP contribution < -0.4 is 14.8 Å². The lowest BCUT2D eigenvalue weighted by Crippen LogP contribution is -2.62. The summed E-state index contributed by atoms with van der Waals surface area (Å²) in [6.45, 7) is 3.79. The smallest absolute Gasteiger partial charge is 0.240 e. The molecule has 1 saturated heterocycles. The summed E-state index contributed by atoms with van der Waals surface area (Å²) in [6.07, 6.45) is 0.453. The van der Waals surface area contributed by atoms with Crippen LogP contribution >= 0.6 is 0 Å². The third-order valence-electron chi connectivity index (χ3n) is 5.00. The molecule has 6 heteroatoms. The van der Waals surface area contributed by atoms with E-state index in [9.17, 15) is 9.90 Å². The van der Waals surface area contributed by atoms with Crippen LogP contribution in [0.1, 0.15) is 29.7 Å². The molecule has 1 aromatic carbocycles. The first-order valence-electron chi connectivity index (χ1n) is 7.41. The summed E-state index contributed by atoms with van der Waals surface area (Å²) >= 11 is 0. The molecule has 1 aromatic rings. The van der Waals surface area contributed by atoms with Crippen molar-refractivity contribution in [1.29, 1.82) is 0 Å². The Bertz CT molecular complexity index is 644. The molecule has 120 valence electrons. The molecule has 0 spiro atoms. The van der Waals surface area contributed by atoms with E-state index in [0.717, 1.165) is 11.1 Å². The van der Waals surface area contributed by atoms with Crippen molar-refractivity contribution in [3.8, 4) is 17.2 Å². The van der Waals surface area contributed by atoms with Gasteiger partial charge in [-0.25, -0.2) is 0 Å². The predicted octanol–water partition coefficient (Wildman–Crippen LogP) is 1.13. The van der Waals surface area contributed by atoms with Gasteiger partial charge in [-0.1, -0.05) is 0 Å². The molecule has 0 aliphatic carbocycles. The molecule has 2 aliphatic heterocycles. The second kappa shape index (κ2) is 5.05. The Morgan fingerprint density at radius 2 is 1.91 bits per heavy atom. The van der Waals surface area contributed by atoms with Gasteiger partial charge in [-0.05, 0) is 13.8 Å². The first-order chi connectivity index (χ1) is 10.4. The first kappa shape index (κ1) is 15.0. The number of benzene rings is 1. The SMILES string of the molecule is COc1c(C)c(O)c2c(c1OC)[C@H]1N[C@@H](C2)C(=O)N(C)[C@@H]1C. The molecule has 0 aromatic heterocycles. The number of nitrogens with one attached hydrogen (secondary N) is 1. The zero-order valence-electron chi connectivity index (χ0n) is 13.6. The second-order valence-electron chi connectivity index (χ2n) is 6.02. The fourth-order valence-electron chi connectivity index (χ4n) is 3.65. The van der Waals surface area contributed by atoms with Crippen LogP contribution in [0.25, 0.3) is 0 Å². The minimum absolute atomic E-state index is 0.0384. The first-order valence-corrected chi connectivity index (χ1v) is 7.41. The normalized spacial score (nSPS) is 26.7. The van der Waals surface area contributed by atoms with Gasteiger partial charge < -0.3 is 19.5 Å². The standard InChI is InChI=1S/C16H22N2O4/c1-7-13(19)9-6-10-16(20)18(3)8(2)12(17-10)11(9)15(22-5)14(7)21-4/h8,10,12,17,19H,6H2,1-5H3/t8-,10+,12+/m1/s1. The Hall–Kier alpha value is -1.95. The fourth-order valence-corrected chi connectivity index (χ4v) is 3.65. The molecule has 0 radical (unpaired) electrons. The van der Waals surface area contributed by atoms with Crippen LogP contribution in [0, 0.1) is 6.92 Å². The molecule has 3 atom stereocenters. The third kappa shape index (κ3) is 1.80. The molecule has 3 rings (SSSR count). The lowest BCUT2D eigenvalue weighted by atomic mass is 9.81. The molecule has 22 heavy (non-hydrogen) atoms. The topological polar surface area (TPSA) is 71.0 Å². The van der Waals surface area contributed by atoms with Crippen molar-refractivity contribution in [1.82, 2.24) is 10.2 Å². The van der Waals surface area contributed by atoms with E-state index in [2.05, 4.69) is 5.32 Å². The largest absolute Gasteiger partial charge is 0.507 e. The summed E-state index contributed by atoms with van der Waals surface area (Å²) in [7, 11) is 4.98. The highest BCUT2D eigenvalue weighted by Crippen LogP contribution is 2.49. The average molecular weight is 306 g/mol. The number of likely N-dealkylation sites (N-methyl/N-ethyl adjacent to an activating group) is 1. The maximum atomic E-state index is 12.4. The maximum absolute atomic E-state index is 12.4. The van der Waals surface area contributed by atoms with Gasteiger partial charge in [0.15, 0.2) is 11.5 Å². The molecule has 2 bridgehead atoms. The number of carbonyl (C=O) groups is 1. The van der Waals surface area contributed by atoms with Crippen molar-refractivity contribution >= 4 is 5.91 Å². The number of amides is 1. The summed E-state index contributed by atoms with van der Waals surface area (Å²) in [5.41, 5.74) is 2.33. The summed E-state index contributed by atoms with van der Waals surface area (Å²) in [6, 6.07) is -0.433. The summed E-state index contributed by atoms with van der Waals surface area (Å²) < 4.78 is 11.0. The number of carbonyl (C=O) groups excluding carboxylic acids is 1. The fraction of sp³-hybridized carbons (Fsp3) is 0.562. The van der Waals surface area contributed by atoms with Gasteiger partial charge in [0.1, 0.15) is 5.75 Å². The molecule has 0 unspecified atom stereocenters. The van der Waals surface area contributed by atoms with E-state index >= 15 is 0 Å². The highest BCUT2D eigenvalue weighted by atomic mass is 16.5. The molecule has 1 fully saturated rings. The van der Waals surface area contributed by atoms with E-state index in [-0.39, 0.29) is 29.8 Å². The average Bonchev–Trinajstić information content (AvgIpc) is 2.53. The number of rotatable bonds is 2. The number of hydrogen-bond acceptors (Lipinski definition) is 5. The minimum atomic E-state index is -0.304. The number of aromatic hydroxyl groups is 1. The highest BCUT2D eigenvalue weighted by Gasteiger charge is 2.45. The molecule has 2 N–H and O–H groups in total. The summed E-state index contributed by atoms with van der Waals surface area (Å²) in [5, 5.41) is 14.0. The molecule has 2 aliphatic rings. The Balaban J connectivity index is 2.28. The van der Waals surface area contributed by atoms with Crippen LogP contribution in [0.15, 0.2) is 0 Å². The number of hydrogen-bond donors (Lipinski definition) is 2. The number of nitrogens with zero attached hydrogens (tertiary/aromatic N) is 1. The van der Waals surface area contributed by atoms with E-state index < -0.39 is 0 Å². The molecular formula is C16H22N2O4. The monoisotopic (exact) mass is 306 g/mol. The molecule has 6 nitrogen and oxygen atoms in total. The van der Waals surface area contributed by atoms with Gasteiger partial charge in [-0.3, -0.25) is 10.1 Å². The molecule has 2 heterocycles. The van der Waals surface area contributed by atoms with E-state index in [4.69, 9.17) is 9.47 Å². The summed E-state index contributed by atoms with van der Waals surface area (Å²) in [5.74, 6) is 1.44. The second-order valence-corrected chi connectivity index (χ2v) is 6.02. The van der Waals surface area contributed by atoms with Crippen molar-refractivity contribution in [2.24, 2.45) is 0 Å². The van der Waals surface area contributed by atoms with Crippen LogP contribution in [0.5, 0.6) is 17.2 Å².